The molecule has 0 aromatic heterocycles. The molecule has 0 amide bonds. The van der Waals surface area contributed by atoms with Gasteiger partial charge in [0.15, 0.2) is 0 Å². The summed E-state index contributed by atoms with van der Waals surface area (Å²) in [5.41, 5.74) is 5.79. The molecule has 14 heavy (non-hydrogen) atoms. The number of aliphatic hydroxyl groups excluding tert-OH is 1. The van der Waals surface area contributed by atoms with Crippen molar-refractivity contribution in [3.63, 3.8) is 0 Å². The van der Waals surface area contributed by atoms with E-state index in [1.54, 1.807) is 0 Å². The van der Waals surface area contributed by atoms with E-state index in [9.17, 15) is 5.11 Å². The van der Waals surface area contributed by atoms with E-state index in [4.69, 9.17) is 10.5 Å². The first-order chi connectivity index (χ1) is 6.78. The largest absolute Gasteiger partial charge is 0.390 e. The van der Waals surface area contributed by atoms with Gasteiger partial charge in [-0.05, 0) is 25.7 Å². The minimum Gasteiger partial charge on any atom is -0.390 e. The van der Waals surface area contributed by atoms with Crippen LogP contribution in [-0.4, -0.2) is 30.5 Å². The average Bonchev–Trinajstić information content (AvgIpc) is 2.89. The summed E-state index contributed by atoms with van der Waals surface area (Å²) in [6, 6.07) is 0. The summed E-state index contributed by atoms with van der Waals surface area (Å²) < 4.78 is 5.55. The number of rotatable bonds is 3. The topological polar surface area (TPSA) is 55.5 Å². The zero-order valence-corrected chi connectivity index (χ0v) is 8.74. The molecule has 2 rings (SSSR count). The van der Waals surface area contributed by atoms with Gasteiger partial charge in [0, 0.05) is 18.6 Å². The highest BCUT2D eigenvalue weighted by Gasteiger charge is 2.44. The van der Waals surface area contributed by atoms with Crippen molar-refractivity contribution >= 4 is 0 Å². The van der Waals surface area contributed by atoms with Crippen LogP contribution in [0.4, 0.5) is 0 Å². The van der Waals surface area contributed by atoms with Crippen LogP contribution in [0.2, 0.25) is 0 Å². The molecule has 0 aromatic rings. The van der Waals surface area contributed by atoms with Crippen molar-refractivity contribution in [3.8, 4) is 0 Å². The first kappa shape index (κ1) is 10.4. The summed E-state index contributed by atoms with van der Waals surface area (Å²) in [6.07, 6.45) is 6.37. The molecule has 1 saturated heterocycles. The zero-order valence-electron chi connectivity index (χ0n) is 8.74. The fourth-order valence-electron chi connectivity index (χ4n) is 2.95. The Balaban J connectivity index is 2.02. The first-order valence-electron chi connectivity index (χ1n) is 5.78. The van der Waals surface area contributed by atoms with Gasteiger partial charge in [-0.3, -0.25) is 0 Å². The molecule has 1 aliphatic carbocycles. The Morgan fingerprint density at radius 1 is 1.36 bits per heavy atom. The van der Waals surface area contributed by atoms with Crippen LogP contribution in [0.3, 0.4) is 0 Å². The van der Waals surface area contributed by atoms with E-state index < -0.39 is 0 Å². The van der Waals surface area contributed by atoms with Crippen molar-refractivity contribution in [2.24, 2.45) is 11.1 Å². The zero-order chi connectivity index (χ0) is 10.0. The van der Waals surface area contributed by atoms with E-state index in [0.717, 1.165) is 32.3 Å². The van der Waals surface area contributed by atoms with Gasteiger partial charge in [0.05, 0.1) is 12.2 Å². The highest BCUT2D eigenvalue weighted by atomic mass is 16.5. The maximum Gasteiger partial charge on any atom is 0.0869 e. The third-order valence-electron chi connectivity index (χ3n) is 3.95. The molecule has 3 nitrogen and oxygen atoms in total. The summed E-state index contributed by atoms with van der Waals surface area (Å²) in [7, 11) is 0. The van der Waals surface area contributed by atoms with E-state index >= 15 is 0 Å². The van der Waals surface area contributed by atoms with Crippen LogP contribution in [0, 0.1) is 5.41 Å². The highest BCUT2D eigenvalue weighted by molar-refractivity contribution is 4.95. The van der Waals surface area contributed by atoms with Gasteiger partial charge in [-0.1, -0.05) is 12.8 Å². The second-order valence-electron chi connectivity index (χ2n) is 4.77. The van der Waals surface area contributed by atoms with Crippen molar-refractivity contribution in [1.29, 1.82) is 0 Å². The van der Waals surface area contributed by atoms with Gasteiger partial charge >= 0.3 is 0 Å². The maximum atomic E-state index is 10.3. The molecule has 2 atom stereocenters. The predicted molar refractivity (Wildman–Crippen MR) is 54.9 cm³/mol. The van der Waals surface area contributed by atoms with Gasteiger partial charge in [0.25, 0.3) is 0 Å². The van der Waals surface area contributed by atoms with Crippen molar-refractivity contribution in [1.82, 2.24) is 0 Å². The molecule has 82 valence electrons. The molecule has 2 unspecified atom stereocenters. The number of hydrogen-bond acceptors (Lipinski definition) is 3. The Labute approximate surface area is 85.6 Å². The fourth-order valence-corrected chi connectivity index (χ4v) is 2.95. The summed E-state index contributed by atoms with van der Waals surface area (Å²) in [5, 5.41) is 10.3. The van der Waals surface area contributed by atoms with Crippen LogP contribution in [0.15, 0.2) is 0 Å². The van der Waals surface area contributed by atoms with Crippen LogP contribution in [0.25, 0.3) is 0 Å². The third-order valence-corrected chi connectivity index (χ3v) is 3.95. The number of ether oxygens (including phenoxy) is 1. The number of nitrogens with two attached hydrogens (primary N) is 1. The number of aliphatic hydroxyl groups is 1. The van der Waals surface area contributed by atoms with Gasteiger partial charge in [-0.2, -0.15) is 0 Å². The highest BCUT2D eigenvalue weighted by Crippen LogP contribution is 2.42. The minimum atomic E-state index is -0.336. The van der Waals surface area contributed by atoms with Gasteiger partial charge in [-0.15, -0.1) is 0 Å². The molecular weight excluding hydrogens is 178 g/mol. The molecule has 0 aromatic carbocycles. The second-order valence-corrected chi connectivity index (χ2v) is 4.77. The predicted octanol–water partition coefficient (Wildman–Crippen LogP) is 1.05. The summed E-state index contributed by atoms with van der Waals surface area (Å²) in [6.45, 7) is 1.41. The fraction of sp³-hybridized carbons (Fsp3) is 1.00. The Hall–Kier alpha value is -0.120. The molecule has 3 heteroatoms. The minimum absolute atomic E-state index is 0.0327. The maximum absolute atomic E-state index is 10.3. The van der Waals surface area contributed by atoms with E-state index in [2.05, 4.69) is 0 Å². The van der Waals surface area contributed by atoms with E-state index in [-0.39, 0.29) is 17.6 Å². The molecule has 2 fully saturated rings. The van der Waals surface area contributed by atoms with Gasteiger partial charge in [-0.25, -0.2) is 0 Å². The summed E-state index contributed by atoms with van der Waals surface area (Å²) in [5.74, 6) is 0. The molecule has 0 bridgehead atoms. The first-order valence-corrected chi connectivity index (χ1v) is 5.78. The Kier molecular flexibility index (Phi) is 3.10. The Morgan fingerprint density at radius 2 is 2.07 bits per heavy atom. The standard InChI is InChI=1S/C11H21NO2/c12-8-11(5-1-2-6-11)10(13)9-4-3-7-14-9/h9-10,13H,1-8,12H2. The van der Waals surface area contributed by atoms with Gasteiger partial charge in [0.2, 0.25) is 0 Å². The average molecular weight is 199 g/mol. The lowest BCUT2D eigenvalue weighted by Crippen LogP contribution is -2.46. The van der Waals surface area contributed by atoms with E-state index in [1.807, 2.05) is 0 Å². The second kappa shape index (κ2) is 4.17. The molecule has 0 spiro atoms. The molecule has 1 aliphatic heterocycles. The van der Waals surface area contributed by atoms with Crippen molar-refractivity contribution < 1.29 is 9.84 Å². The van der Waals surface area contributed by atoms with E-state index in [1.165, 1.54) is 12.8 Å². The number of hydrogen-bond donors (Lipinski definition) is 2. The SMILES string of the molecule is NCC1(C(O)C2CCCO2)CCCC1. The monoisotopic (exact) mass is 199 g/mol. The quantitative estimate of drug-likeness (QED) is 0.714. The summed E-state index contributed by atoms with van der Waals surface area (Å²) >= 11 is 0. The normalized spacial score (nSPS) is 33.4. The van der Waals surface area contributed by atoms with Crippen LogP contribution < -0.4 is 5.73 Å². The lowest BCUT2D eigenvalue weighted by Gasteiger charge is -2.36. The molecule has 1 heterocycles. The van der Waals surface area contributed by atoms with Crippen molar-refractivity contribution in [2.75, 3.05) is 13.2 Å². The molecule has 1 saturated carbocycles. The Bertz CT molecular complexity index is 184. The van der Waals surface area contributed by atoms with Gasteiger partial charge in [0.1, 0.15) is 0 Å². The van der Waals surface area contributed by atoms with Crippen LogP contribution in [-0.2, 0) is 4.74 Å². The van der Waals surface area contributed by atoms with Crippen LogP contribution >= 0.6 is 0 Å². The summed E-state index contributed by atoms with van der Waals surface area (Å²) in [4.78, 5) is 0. The lowest BCUT2D eigenvalue weighted by atomic mass is 9.77. The molecule has 0 radical (unpaired) electrons. The van der Waals surface area contributed by atoms with Gasteiger partial charge < -0.3 is 15.6 Å². The third kappa shape index (κ3) is 1.69. The van der Waals surface area contributed by atoms with Crippen molar-refractivity contribution in [3.05, 3.63) is 0 Å². The van der Waals surface area contributed by atoms with E-state index in [0.29, 0.717) is 6.54 Å². The van der Waals surface area contributed by atoms with Crippen LogP contribution in [0.5, 0.6) is 0 Å². The molecular formula is C11H21NO2. The Morgan fingerprint density at radius 3 is 2.57 bits per heavy atom. The molecule has 2 aliphatic rings. The lowest BCUT2D eigenvalue weighted by molar-refractivity contribution is -0.0695. The molecule has 3 N–H and O–H groups in total. The smallest absolute Gasteiger partial charge is 0.0869 e. The van der Waals surface area contributed by atoms with Crippen molar-refractivity contribution in [2.45, 2.75) is 50.7 Å². The van der Waals surface area contributed by atoms with Crippen LogP contribution in [0.1, 0.15) is 38.5 Å².